The summed E-state index contributed by atoms with van der Waals surface area (Å²) in [7, 11) is 1.58. The number of phenolic OH excluding ortho intramolecular Hbond substituents is 1. The van der Waals surface area contributed by atoms with Gasteiger partial charge < -0.3 is 5.11 Å². The van der Waals surface area contributed by atoms with Gasteiger partial charge in [-0.1, -0.05) is 24.3 Å². The number of hydrogen-bond acceptors (Lipinski definition) is 3. The quantitative estimate of drug-likeness (QED) is 0.654. The molecule has 1 aromatic carbocycles. The van der Waals surface area contributed by atoms with Crippen LogP contribution in [0, 0.1) is 0 Å². The van der Waals surface area contributed by atoms with E-state index in [1.807, 2.05) is 0 Å². The highest BCUT2D eigenvalue weighted by molar-refractivity contribution is 8.13. The first-order valence-corrected chi connectivity index (χ1v) is 6.80. The van der Waals surface area contributed by atoms with E-state index in [0.29, 0.717) is 6.42 Å². The molecule has 0 saturated heterocycles. The Morgan fingerprint density at radius 3 is 2.33 bits per heavy atom. The highest BCUT2D eigenvalue weighted by Crippen LogP contribution is 2.10. The fourth-order valence-corrected chi connectivity index (χ4v) is 1.62. The van der Waals surface area contributed by atoms with Crippen molar-refractivity contribution in [3.8, 4) is 5.75 Å². The highest BCUT2D eigenvalue weighted by Gasteiger charge is 1.99. The second kappa shape index (κ2) is 5.19. The van der Waals surface area contributed by atoms with Gasteiger partial charge in [0.15, 0.2) is 0 Å². The third-order valence-electron chi connectivity index (χ3n) is 1.75. The molecule has 0 atom stereocenters. The molecule has 1 N–H and O–H groups in total. The molecule has 0 spiro atoms. The van der Waals surface area contributed by atoms with Gasteiger partial charge in [0.2, 0.25) is 9.05 Å². The Balaban J connectivity index is 2.47. The first kappa shape index (κ1) is 12.1. The summed E-state index contributed by atoms with van der Waals surface area (Å²) < 4.78 is 21.1. The molecule has 0 fully saturated rings. The van der Waals surface area contributed by atoms with E-state index in [0.717, 1.165) is 5.56 Å². The summed E-state index contributed by atoms with van der Waals surface area (Å²) >= 11 is 0. The Morgan fingerprint density at radius 2 is 1.80 bits per heavy atom. The number of hydrogen-bond donors (Lipinski definition) is 1. The van der Waals surface area contributed by atoms with Crippen LogP contribution in [-0.2, 0) is 15.5 Å². The topological polar surface area (TPSA) is 54.4 Å². The third kappa shape index (κ3) is 5.44. The van der Waals surface area contributed by atoms with Crippen LogP contribution in [0.1, 0.15) is 5.56 Å². The minimum Gasteiger partial charge on any atom is -0.508 e. The van der Waals surface area contributed by atoms with Gasteiger partial charge in [-0.05, 0) is 24.1 Å². The predicted octanol–water partition coefficient (Wildman–Crippen LogP) is 2.06. The van der Waals surface area contributed by atoms with Crippen LogP contribution in [0.2, 0.25) is 0 Å². The molecule has 0 heterocycles. The summed E-state index contributed by atoms with van der Waals surface area (Å²) in [6, 6.07) is 6.71. The molecule has 0 saturated carbocycles. The summed E-state index contributed by atoms with van der Waals surface area (Å²) in [5.74, 6) is 0.0539. The maximum Gasteiger partial charge on any atom is 0.236 e. The van der Waals surface area contributed by atoms with Crippen LogP contribution < -0.4 is 0 Å². The third-order valence-corrected chi connectivity index (χ3v) is 2.72. The number of benzene rings is 1. The van der Waals surface area contributed by atoms with E-state index < -0.39 is 9.05 Å². The van der Waals surface area contributed by atoms with Gasteiger partial charge in [0.25, 0.3) is 0 Å². The van der Waals surface area contributed by atoms with Crippen LogP contribution in [0.4, 0.5) is 0 Å². The normalized spacial score (nSPS) is 12.1. The second-order valence-electron chi connectivity index (χ2n) is 3.05. The molecule has 15 heavy (non-hydrogen) atoms. The van der Waals surface area contributed by atoms with E-state index >= 15 is 0 Å². The number of rotatable bonds is 4. The molecule has 5 heteroatoms. The largest absolute Gasteiger partial charge is 0.508 e. The average molecular weight is 247 g/mol. The van der Waals surface area contributed by atoms with Crippen molar-refractivity contribution in [3.63, 3.8) is 0 Å². The molecule has 0 bridgehead atoms. The molecule has 0 aliphatic rings. The first-order chi connectivity index (χ1) is 6.97. The molecule has 0 aliphatic carbocycles. The lowest BCUT2D eigenvalue weighted by Crippen LogP contribution is -1.92. The fraction of sp³-hybridized carbons (Fsp3) is 0.200. The van der Waals surface area contributed by atoms with Gasteiger partial charge in [0.1, 0.15) is 5.75 Å². The van der Waals surface area contributed by atoms with Crippen molar-refractivity contribution in [1.29, 1.82) is 0 Å². The van der Waals surface area contributed by atoms with Crippen molar-refractivity contribution in [3.05, 3.63) is 42.0 Å². The summed E-state index contributed by atoms with van der Waals surface area (Å²) in [5.41, 5.74) is 0.996. The van der Waals surface area contributed by atoms with Crippen LogP contribution in [0.15, 0.2) is 36.4 Å². The lowest BCUT2D eigenvalue weighted by atomic mass is 10.1. The summed E-state index contributed by atoms with van der Waals surface area (Å²) in [6.07, 6.45) is 3.86. The molecule has 0 amide bonds. The van der Waals surface area contributed by atoms with Gasteiger partial charge >= 0.3 is 0 Å². The molecular weight excluding hydrogens is 236 g/mol. The van der Waals surface area contributed by atoms with E-state index in [2.05, 4.69) is 0 Å². The van der Waals surface area contributed by atoms with Gasteiger partial charge in [-0.25, -0.2) is 8.42 Å². The zero-order valence-electron chi connectivity index (χ0n) is 7.93. The molecule has 0 aromatic heterocycles. The van der Waals surface area contributed by atoms with Crippen LogP contribution >= 0.6 is 10.7 Å². The molecule has 1 rings (SSSR count). The van der Waals surface area contributed by atoms with E-state index in [4.69, 9.17) is 15.8 Å². The maximum absolute atomic E-state index is 10.6. The van der Waals surface area contributed by atoms with Crippen molar-refractivity contribution in [2.24, 2.45) is 0 Å². The number of aromatic hydroxyl groups is 1. The number of phenols is 1. The number of halogens is 1. The average Bonchev–Trinajstić information content (AvgIpc) is 2.14. The Hall–Kier alpha value is -1.00. The van der Waals surface area contributed by atoms with Crippen LogP contribution in [-0.4, -0.2) is 19.3 Å². The first-order valence-electron chi connectivity index (χ1n) is 4.32. The summed E-state index contributed by atoms with van der Waals surface area (Å²) in [6.45, 7) is 0. The molecule has 3 nitrogen and oxygen atoms in total. The minimum atomic E-state index is -3.44. The zero-order valence-corrected chi connectivity index (χ0v) is 9.50. The Morgan fingerprint density at radius 1 is 1.20 bits per heavy atom. The van der Waals surface area contributed by atoms with Crippen molar-refractivity contribution in [2.75, 3.05) is 5.75 Å². The second-order valence-corrected chi connectivity index (χ2v) is 5.87. The van der Waals surface area contributed by atoms with Crippen molar-refractivity contribution >= 4 is 19.7 Å². The lowest BCUT2D eigenvalue weighted by molar-refractivity contribution is 0.475. The van der Waals surface area contributed by atoms with E-state index in [1.54, 1.807) is 30.3 Å². The highest BCUT2D eigenvalue weighted by atomic mass is 35.7. The zero-order chi connectivity index (χ0) is 11.3. The van der Waals surface area contributed by atoms with Crippen LogP contribution in [0.5, 0.6) is 5.75 Å². The lowest BCUT2D eigenvalue weighted by Gasteiger charge is -1.96. The molecule has 1 aromatic rings. The van der Waals surface area contributed by atoms with Gasteiger partial charge in [-0.2, -0.15) is 0 Å². The minimum absolute atomic E-state index is 0.160. The maximum atomic E-state index is 10.6. The smallest absolute Gasteiger partial charge is 0.236 e. The monoisotopic (exact) mass is 246 g/mol. The summed E-state index contributed by atoms with van der Waals surface area (Å²) in [5, 5.41) is 9.02. The van der Waals surface area contributed by atoms with Gasteiger partial charge in [-0.3, -0.25) is 0 Å². The van der Waals surface area contributed by atoms with E-state index in [1.165, 1.54) is 6.08 Å². The fourth-order valence-electron chi connectivity index (χ4n) is 1.03. The van der Waals surface area contributed by atoms with Gasteiger partial charge in [0.05, 0.1) is 5.75 Å². The van der Waals surface area contributed by atoms with E-state index in [-0.39, 0.29) is 11.5 Å². The molecule has 0 aliphatic heterocycles. The Labute approximate surface area is 93.4 Å². The molecular formula is C10H11ClO3S. The van der Waals surface area contributed by atoms with Crippen LogP contribution in [0.25, 0.3) is 0 Å². The summed E-state index contributed by atoms with van der Waals surface area (Å²) in [4.78, 5) is 0. The van der Waals surface area contributed by atoms with Crippen molar-refractivity contribution in [2.45, 2.75) is 6.42 Å². The Kier molecular flexibility index (Phi) is 4.17. The number of allylic oxidation sites excluding steroid dienone is 1. The van der Waals surface area contributed by atoms with Crippen LogP contribution in [0.3, 0.4) is 0 Å². The molecule has 0 radical (unpaired) electrons. The SMILES string of the molecule is O=S(=O)(Cl)C/C=C\Cc1ccc(O)cc1. The van der Waals surface area contributed by atoms with Crippen molar-refractivity contribution < 1.29 is 13.5 Å². The predicted molar refractivity (Wildman–Crippen MR) is 60.6 cm³/mol. The molecule has 0 unspecified atom stereocenters. The Bertz CT molecular complexity index is 434. The standard InChI is InChI=1S/C10H11ClO3S/c11-15(13,14)8-2-1-3-9-4-6-10(12)7-5-9/h1-2,4-7,12H,3,8H2/b2-1-. The van der Waals surface area contributed by atoms with Gasteiger partial charge in [-0.15, -0.1) is 0 Å². The van der Waals surface area contributed by atoms with E-state index in [9.17, 15) is 8.42 Å². The van der Waals surface area contributed by atoms with Gasteiger partial charge in [0, 0.05) is 10.7 Å². The van der Waals surface area contributed by atoms with Crippen molar-refractivity contribution in [1.82, 2.24) is 0 Å². The molecule has 82 valence electrons.